The molecule has 8 heteroatoms. The Labute approximate surface area is 123 Å². The summed E-state index contributed by atoms with van der Waals surface area (Å²) >= 11 is 0. The minimum absolute atomic E-state index is 0.227. The molecule has 21 heavy (non-hydrogen) atoms. The van der Waals surface area contributed by atoms with E-state index < -0.39 is 0 Å². The Bertz CT molecular complexity index is 566. The molecule has 1 aliphatic heterocycles. The molecule has 112 valence electrons. The number of anilines is 2. The molecular weight excluding hydrogens is 270 g/mol. The average molecular weight is 289 g/mol. The highest BCUT2D eigenvalue weighted by atomic mass is 16.5. The Morgan fingerprint density at radius 1 is 1.29 bits per heavy atom. The molecule has 2 aromatic heterocycles. The smallest absolute Gasteiger partial charge is 0.241 e. The van der Waals surface area contributed by atoms with E-state index in [1.54, 1.807) is 30.3 Å². The van der Waals surface area contributed by atoms with E-state index in [2.05, 4.69) is 30.6 Å². The molecule has 3 rings (SSSR count). The first kappa shape index (κ1) is 13.7. The molecular formula is C13H19N7O. The summed E-state index contributed by atoms with van der Waals surface area (Å²) in [5.74, 6) is 1.58. The molecule has 1 unspecified atom stereocenters. The van der Waals surface area contributed by atoms with Gasteiger partial charge in [0.25, 0.3) is 0 Å². The summed E-state index contributed by atoms with van der Waals surface area (Å²) in [5, 5.41) is 6.17. The minimum Gasteiger partial charge on any atom is -0.376 e. The summed E-state index contributed by atoms with van der Waals surface area (Å²) in [6.45, 7) is 1.54. The highest BCUT2D eigenvalue weighted by Crippen LogP contribution is 2.14. The van der Waals surface area contributed by atoms with Crippen LogP contribution in [0.3, 0.4) is 0 Å². The standard InChI is InChI=1S/C13H19N7O/c1-14-11-17-12(16-8-10-4-2-3-7-21-10)19-13(18-11)20-6-5-15-9-20/h5-6,9-10H,2-4,7-8H2,1H3,(H2,14,16,17,18,19). The molecule has 0 amide bonds. The van der Waals surface area contributed by atoms with Crippen molar-refractivity contribution < 1.29 is 4.74 Å². The zero-order valence-electron chi connectivity index (χ0n) is 12.0. The van der Waals surface area contributed by atoms with E-state index in [1.807, 2.05) is 0 Å². The van der Waals surface area contributed by atoms with Crippen LogP contribution in [0.5, 0.6) is 0 Å². The summed E-state index contributed by atoms with van der Waals surface area (Å²) < 4.78 is 7.44. The Morgan fingerprint density at radius 3 is 2.90 bits per heavy atom. The van der Waals surface area contributed by atoms with Crippen molar-refractivity contribution in [1.29, 1.82) is 0 Å². The van der Waals surface area contributed by atoms with Crippen LogP contribution in [0.4, 0.5) is 11.9 Å². The van der Waals surface area contributed by atoms with Gasteiger partial charge in [-0.3, -0.25) is 4.57 Å². The fraction of sp³-hybridized carbons (Fsp3) is 0.538. The van der Waals surface area contributed by atoms with Crippen LogP contribution in [-0.4, -0.2) is 50.8 Å². The fourth-order valence-corrected chi connectivity index (χ4v) is 2.22. The van der Waals surface area contributed by atoms with Crippen molar-refractivity contribution in [2.45, 2.75) is 25.4 Å². The number of hydrogen-bond donors (Lipinski definition) is 2. The lowest BCUT2D eigenvalue weighted by molar-refractivity contribution is 0.0246. The van der Waals surface area contributed by atoms with Crippen LogP contribution in [0.2, 0.25) is 0 Å². The van der Waals surface area contributed by atoms with Gasteiger partial charge in [-0.15, -0.1) is 0 Å². The zero-order chi connectivity index (χ0) is 14.5. The molecule has 0 radical (unpaired) electrons. The first-order valence-electron chi connectivity index (χ1n) is 7.13. The van der Waals surface area contributed by atoms with Crippen molar-refractivity contribution in [3.8, 4) is 5.95 Å². The topological polar surface area (TPSA) is 89.8 Å². The second kappa shape index (κ2) is 6.49. The normalized spacial score (nSPS) is 18.4. The highest BCUT2D eigenvalue weighted by molar-refractivity contribution is 5.37. The quantitative estimate of drug-likeness (QED) is 0.851. The molecule has 3 heterocycles. The van der Waals surface area contributed by atoms with E-state index in [-0.39, 0.29) is 6.10 Å². The summed E-state index contributed by atoms with van der Waals surface area (Å²) in [7, 11) is 1.78. The molecule has 0 bridgehead atoms. The zero-order valence-corrected chi connectivity index (χ0v) is 12.0. The summed E-state index contributed by atoms with van der Waals surface area (Å²) in [6.07, 6.45) is 8.80. The van der Waals surface area contributed by atoms with Crippen molar-refractivity contribution in [1.82, 2.24) is 24.5 Å². The molecule has 2 aromatic rings. The molecule has 1 saturated heterocycles. The SMILES string of the molecule is CNc1nc(NCC2CCCCO2)nc(-n2ccnc2)n1. The van der Waals surface area contributed by atoms with Gasteiger partial charge in [-0.05, 0) is 19.3 Å². The maximum atomic E-state index is 5.69. The van der Waals surface area contributed by atoms with Gasteiger partial charge in [-0.25, -0.2) is 4.98 Å². The van der Waals surface area contributed by atoms with Crippen LogP contribution in [0, 0.1) is 0 Å². The summed E-state index contributed by atoms with van der Waals surface area (Å²) in [4.78, 5) is 17.0. The third kappa shape index (κ3) is 3.46. The molecule has 0 aliphatic carbocycles. The minimum atomic E-state index is 0.227. The number of ether oxygens (including phenoxy) is 1. The van der Waals surface area contributed by atoms with Gasteiger partial charge in [-0.1, -0.05) is 0 Å². The van der Waals surface area contributed by atoms with Gasteiger partial charge in [0.15, 0.2) is 0 Å². The number of nitrogens with zero attached hydrogens (tertiary/aromatic N) is 5. The predicted octanol–water partition coefficient (Wildman–Crippen LogP) is 1.08. The predicted molar refractivity (Wildman–Crippen MR) is 78.6 cm³/mol. The van der Waals surface area contributed by atoms with Gasteiger partial charge in [0.05, 0.1) is 6.10 Å². The lowest BCUT2D eigenvalue weighted by atomic mass is 10.1. The van der Waals surface area contributed by atoms with Gasteiger partial charge < -0.3 is 15.4 Å². The maximum absolute atomic E-state index is 5.69. The van der Waals surface area contributed by atoms with Crippen molar-refractivity contribution in [3.63, 3.8) is 0 Å². The van der Waals surface area contributed by atoms with E-state index in [9.17, 15) is 0 Å². The number of rotatable bonds is 5. The van der Waals surface area contributed by atoms with Gasteiger partial charge in [0.1, 0.15) is 6.33 Å². The van der Waals surface area contributed by atoms with Crippen LogP contribution >= 0.6 is 0 Å². The van der Waals surface area contributed by atoms with Gasteiger partial charge in [0, 0.05) is 32.6 Å². The molecule has 1 fully saturated rings. The third-order valence-electron chi connectivity index (χ3n) is 3.34. The molecule has 1 atom stereocenters. The van der Waals surface area contributed by atoms with Gasteiger partial charge in [0.2, 0.25) is 17.8 Å². The lowest BCUT2D eigenvalue weighted by Gasteiger charge is -2.22. The van der Waals surface area contributed by atoms with Gasteiger partial charge in [-0.2, -0.15) is 15.0 Å². The first-order chi connectivity index (χ1) is 10.3. The Balaban J connectivity index is 1.73. The fourth-order valence-electron chi connectivity index (χ4n) is 2.22. The monoisotopic (exact) mass is 289 g/mol. The molecule has 8 nitrogen and oxygen atoms in total. The molecule has 1 aliphatic rings. The van der Waals surface area contributed by atoms with Gasteiger partial charge >= 0.3 is 0 Å². The Kier molecular flexibility index (Phi) is 4.25. The Morgan fingerprint density at radius 2 is 2.19 bits per heavy atom. The van der Waals surface area contributed by atoms with E-state index >= 15 is 0 Å². The third-order valence-corrected chi connectivity index (χ3v) is 3.34. The van der Waals surface area contributed by atoms with Crippen molar-refractivity contribution in [2.75, 3.05) is 30.8 Å². The van der Waals surface area contributed by atoms with Crippen molar-refractivity contribution in [3.05, 3.63) is 18.7 Å². The number of nitrogens with one attached hydrogen (secondary N) is 2. The van der Waals surface area contributed by atoms with Crippen molar-refractivity contribution >= 4 is 11.9 Å². The second-order valence-corrected chi connectivity index (χ2v) is 4.87. The van der Waals surface area contributed by atoms with Crippen LogP contribution in [-0.2, 0) is 4.74 Å². The van der Waals surface area contributed by atoms with Crippen LogP contribution in [0.15, 0.2) is 18.7 Å². The van der Waals surface area contributed by atoms with Crippen molar-refractivity contribution in [2.24, 2.45) is 0 Å². The lowest BCUT2D eigenvalue weighted by Crippen LogP contribution is -2.27. The molecule has 0 spiro atoms. The molecule has 0 aromatic carbocycles. The average Bonchev–Trinajstić information content (AvgIpc) is 3.08. The first-order valence-corrected chi connectivity index (χ1v) is 7.13. The highest BCUT2D eigenvalue weighted by Gasteiger charge is 2.14. The van der Waals surface area contributed by atoms with Crippen LogP contribution in [0.25, 0.3) is 5.95 Å². The van der Waals surface area contributed by atoms with E-state index in [0.29, 0.717) is 24.4 Å². The molecule has 0 saturated carbocycles. The molecule has 2 N–H and O–H groups in total. The van der Waals surface area contributed by atoms with Crippen LogP contribution in [0.1, 0.15) is 19.3 Å². The van der Waals surface area contributed by atoms with E-state index in [1.165, 1.54) is 6.42 Å². The number of imidazole rings is 1. The number of hydrogen-bond acceptors (Lipinski definition) is 7. The Hall–Kier alpha value is -2.22. The van der Waals surface area contributed by atoms with E-state index in [0.717, 1.165) is 19.4 Å². The van der Waals surface area contributed by atoms with E-state index in [4.69, 9.17) is 4.74 Å². The second-order valence-electron chi connectivity index (χ2n) is 4.87. The number of aromatic nitrogens is 5. The largest absolute Gasteiger partial charge is 0.376 e. The maximum Gasteiger partial charge on any atom is 0.241 e. The summed E-state index contributed by atoms with van der Waals surface area (Å²) in [6, 6.07) is 0. The summed E-state index contributed by atoms with van der Waals surface area (Å²) in [5.41, 5.74) is 0. The van der Waals surface area contributed by atoms with Crippen LogP contribution < -0.4 is 10.6 Å².